The van der Waals surface area contributed by atoms with Crippen molar-refractivity contribution in [3.8, 4) is 0 Å². The number of hydrogen-bond acceptors (Lipinski definition) is 6. The molecule has 3 aliphatic rings. The minimum atomic E-state index is -3.16. The Kier molecular flexibility index (Phi) is 7.09. The fourth-order valence-corrected chi connectivity index (χ4v) is 6.14. The van der Waals surface area contributed by atoms with Crippen molar-refractivity contribution >= 4 is 29.4 Å². The highest BCUT2D eigenvalue weighted by Gasteiger charge is 2.65. The van der Waals surface area contributed by atoms with E-state index in [1.54, 1.807) is 20.8 Å². The summed E-state index contributed by atoms with van der Waals surface area (Å²) in [5.74, 6) is -6.73. The van der Waals surface area contributed by atoms with Gasteiger partial charge in [0.15, 0.2) is 10.8 Å². The van der Waals surface area contributed by atoms with Gasteiger partial charge < -0.3 is 25.0 Å². The first-order valence-electron chi connectivity index (χ1n) is 12.9. The molecular weight excluding hydrogens is 560 g/mol. The molecule has 2 aromatic rings. The van der Waals surface area contributed by atoms with Gasteiger partial charge in [0.1, 0.15) is 5.60 Å². The highest BCUT2D eigenvalue weighted by molar-refractivity contribution is 6.30. The molecule has 2 aromatic heterocycles. The van der Waals surface area contributed by atoms with Gasteiger partial charge in [-0.15, -0.1) is 0 Å². The Morgan fingerprint density at radius 1 is 1.25 bits per heavy atom. The van der Waals surface area contributed by atoms with Gasteiger partial charge in [-0.2, -0.15) is 5.10 Å². The highest BCUT2D eigenvalue weighted by atomic mass is 35.5. The molecule has 0 spiro atoms. The second kappa shape index (κ2) is 9.89. The average Bonchev–Trinajstić information content (AvgIpc) is 3.13. The predicted octanol–water partition coefficient (Wildman–Crippen LogP) is 4.59. The zero-order valence-electron chi connectivity index (χ0n) is 22.4. The van der Waals surface area contributed by atoms with Crippen molar-refractivity contribution in [2.75, 3.05) is 26.8 Å². The van der Waals surface area contributed by atoms with Crippen molar-refractivity contribution in [3.05, 3.63) is 28.7 Å². The molecule has 10 nitrogen and oxygen atoms in total. The molecule has 5 atom stereocenters. The van der Waals surface area contributed by atoms with Crippen LogP contribution in [0.2, 0.25) is 5.15 Å². The standard InChI is InChI=1S/C25H31ClF4N6O4/c1-23(2,3)40-22(38)33-19(18-13-6-24(27,28)7-14(13)18)15-8-36-17(32-15)5-12(20(26)34-36)16(9-39-4)35-11-25(29,30)10-31-21(35)37/h5,8,13-14,16,18-19H,6-7,9-11H2,1-4H3,(H,31,37)(H,33,38)/t13-,14+,16-,18?,19-/m1/s1. The fraction of sp³-hybridized carbons (Fsp3) is 0.680. The molecule has 1 unspecified atom stereocenters. The van der Waals surface area contributed by atoms with Gasteiger partial charge in [-0.05, 0) is 44.6 Å². The summed E-state index contributed by atoms with van der Waals surface area (Å²) in [6.45, 7) is 3.36. The van der Waals surface area contributed by atoms with Gasteiger partial charge in [-0.3, -0.25) is 0 Å². The maximum Gasteiger partial charge on any atom is 0.408 e. The summed E-state index contributed by atoms with van der Waals surface area (Å²) < 4.78 is 68.2. The smallest absolute Gasteiger partial charge is 0.408 e. The number of carbonyl (C=O) groups is 2. The molecule has 2 saturated carbocycles. The first-order chi connectivity index (χ1) is 18.6. The highest BCUT2D eigenvalue weighted by Crippen LogP contribution is 2.66. The van der Waals surface area contributed by atoms with Gasteiger partial charge >= 0.3 is 12.1 Å². The summed E-state index contributed by atoms with van der Waals surface area (Å²) >= 11 is 6.47. The number of imidazole rings is 1. The number of hydrogen-bond donors (Lipinski definition) is 2. The molecular formula is C25H31ClF4N6O4. The van der Waals surface area contributed by atoms with Gasteiger partial charge in [-0.25, -0.2) is 36.7 Å². The zero-order chi connectivity index (χ0) is 29.2. The van der Waals surface area contributed by atoms with E-state index in [1.807, 2.05) is 0 Å². The van der Waals surface area contributed by atoms with Crippen LogP contribution in [0.3, 0.4) is 0 Å². The Balaban J connectivity index is 1.47. The number of halogens is 5. The topological polar surface area (TPSA) is 110 Å². The van der Waals surface area contributed by atoms with Crippen LogP contribution in [0.5, 0.6) is 0 Å². The fourth-order valence-electron chi connectivity index (χ4n) is 5.88. The van der Waals surface area contributed by atoms with Crippen LogP contribution < -0.4 is 10.6 Å². The van der Waals surface area contributed by atoms with Crippen LogP contribution >= 0.6 is 11.6 Å². The number of fused-ring (bicyclic) bond motifs is 2. The first kappa shape index (κ1) is 28.7. The van der Waals surface area contributed by atoms with Crippen molar-refractivity contribution in [3.63, 3.8) is 0 Å². The molecule has 1 aliphatic heterocycles. The Bertz CT molecular complexity index is 1300. The Hall–Kier alpha value is -2.87. The molecule has 0 radical (unpaired) electrons. The van der Waals surface area contributed by atoms with E-state index in [-0.39, 0.29) is 53.6 Å². The minimum Gasteiger partial charge on any atom is -0.444 e. The lowest BCUT2D eigenvalue weighted by Gasteiger charge is -2.38. The molecule has 2 N–H and O–H groups in total. The SMILES string of the molecule is COC[C@H](c1cc2nc([C@@H](NC(=O)OC(C)(C)C)C3[C@H]4CC(F)(F)C[C@@H]34)cn2nc1Cl)N1CC(F)(F)CNC1=O. The van der Waals surface area contributed by atoms with E-state index in [0.717, 1.165) is 4.90 Å². The van der Waals surface area contributed by atoms with E-state index in [0.29, 0.717) is 5.69 Å². The van der Waals surface area contributed by atoms with Gasteiger partial charge in [0.25, 0.3) is 5.92 Å². The molecule has 1 saturated heterocycles. The van der Waals surface area contributed by atoms with E-state index in [1.165, 1.54) is 23.9 Å². The number of alkyl carbamates (subject to hydrolysis) is 1. The Morgan fingerprint density at radius 2 is 1.93 bits per heavy atom. The third-order valence-corrected chi connectivity index (χ3v) is 7.81. The molecule has 3 fully saturated rings. The summed E-state index contributed by atoms with van der Waals surface area (Å²) in [6, 6.07) is -0.922. The summed E-state index contributed by atoms with van der Waals surface area (Å²) in [6.07, 6.45) is 0.289. The number of nitrogens with one attached hydrogen (secondary N) is 2. The van der Waals surface area contributed by atoms with E-state index >= 15 is 0 Å². The number of ether oxygens (including phenoxy) is 2. The quantitative estimate of drug-likeness (QED) is 0.457. The minimum absolute atomic E-state index is 0.0697. The number of methoxy groups -OCH3 is 1. The van der Waals surface area contributed by atoms with E-state index in [4.69, 9.17) is 21.1 Å². The van der Waals surface area contributed by atoms with Crippen LogP contribution in [-0.2, 0) is 9.47 Å². The number of amides is 3. The third kappa shape index (κ3) is 5.78. The molecule has 40 heavy (non-hydrogen) atoms. The maximum absolute atomic E-state index is 14.2. The van der Waals surface area contributed by atoms with Crippen LogP contribution in [0, 0.1) is 17.8 Å². The molecule has 0 aromatic carbocycles. The lowest BCUT2D eigenvalue weighted by molar-refractivity contribution is -0.0509. The van der Waals surface area contributed by atoms with E-state index in [2.05, 4.69) is 20.7 Å². The Labute approximate surface area is 232 Å². The second-order valence-electron chi connectivity index (χ2n) is 11.8. The van der Waals surface area contributed by atoms with Crippen molar-refractivity contribution in [1.29, 1.82) is 0 Å². The number of alkyl halides is 4. The summed E-state index contributed by atoms with van der Waals surface area (Å²) in [4.78, 5) is 30.7. The summed E-state index contributed by atoms with van der Waals surface area (Å²) in [5, 5.41) is 9.21. The van der Waals surface area contributed by atoms with Crippen molar-refractivity contribution in [2.45, 2.75) is 63.1 Å². The van der Waals surface area contributed by atoms with Crippen LogP contribution in [0.25, 0.3) is 5.65 Å². The zero-order valence-corrected chi connectivity index (χ0v) is 23.1. The number of carbonyl (C=O) groups excluding carboxylic acids is 2. The van der Waals surface area contributed by atoms with Crippen LogP contribution in [0.1, 0.15) is 57.0 Å². The van der Waals surface area contributed by atoms with Crippen molar-refractivity contribution < 1.29 is 36.6 Å². The molecule has 220 valence electrons. The van der Waals surface area contributed by atoms with Crippen LogP contribution in [0.4, 0.5) is 27.2 Å². The summed E-state index contributed by atoms with van der Waals surface area (Å²) in [5.41, 5.74) is 0.0741. The van der Waals surface area contributed by atoms with E-state index < -0.39 is 54.7 Å². The third-order valence-electron chi connectivity index (χ3n) is 7.51. The van der Waals surface area contributed by atoms with Gasteiger partial charge in [-0.1, -0.05) is 11.6 Å². The predicted molar refractivity (Wildman–Crippen MR) is 134 cm³/mol. The van der Waals surface area contributed by atoms with Crippen molar-refractivity contribution in [1.82, 2.24) is 30.1 Å². The van der Waals surface area contributed by atoms with Gasteiger partial charge in [0.2, 0.25) is 5.92 Å². The largest absolute Gasteiger partial charge is 0.444 e. The first-order valence-corrected chi connectivity index (χ1v) is 13.3. The maximum atomic E-state index is 14.2. The molecule has 15 heteroatoms. The number of rotatable bonds is 7. The lowest BCUT2D eigenvalue weighted by atomic mass is 10.00. The monoisotopic (exact) mass is 590 g/mol. The van der Waals surface area contributed by atoms with Crippen molar-refractivity contribution in [2.24, 2.45) is 17.8 Å². The van der Waals surface area contributed by atoms with Gasteiger partial charge in [0.05, 0.1) is 43.7 Å². The summed E-state index contributed by atoms with van der Waals surface area (Å²) in [7, 11) is 1.36. The number of aromatic nitrogens is 3. The Morgan fingerprint density at radius 3 is 2.55 bits per heavy atom. The number of nitrogens with zero attached hydrogens (tertiary/aromatic N) is 4. The van der Waals surface area contributed by atoms with Gasteiger partial charge in [0, 0.05) is 25.5 Å². The molecule has 3 amide bonds. The molecule has 3 heterocycles. The normalized spacial score (nSPS) is 26.7. The average molecular weight is 591 g/mol. The molecule has 5 rings (SSSR count). The molecule has 0 bridgehead atoms. The molecule has 2 aliphatic carbocycles. The lowest BCUT2D eigenvalue weighted by Crippen LogP contribution is -2.58. The number of urea groups is 1. The van der Waals surface area contributed by atoms with E-state index in [9.17, 15) is 27.2 Å². The van der Waals surface area contributed by atoms with Crippen LogP contribution in [0.15, 0.2) is 12.3 Å². The second-order valence-corrected chi connectivity index (χ2v) is 12.1. The van der Waals surface area contributed by atoms with Crippen LogP contribution in [-0.4, -0.2) is 75.9 Å².